The van der Waals surface area contributed by atoms with Gasteiger partial charge in [-0.25, -0.2) is 0 Å². The summed E-state index contributed by atoms with van der Waals surface area (Å²) >= 11 is 0. The molecule has 1 aromatic rings. The number of carbonyl (C=O) groups is 1. The van der Waals surface area contributed by atoms with Crippen molar-refractivity contribution in [3.63, 3.8) is 0 Å². The Labute approximate surface area is 127 Å². The fraction of sp³-hybridized carbons (Fsp3) is 0.588. The van der Waals surface area contributed by atoms with E-state index < -0.39 is 5.54 Å². The molecule has 0 spiro atoms. The highest BCUT2D eigenvalue weighted by Crippen LogP contribution is 2.15. The molecule has 2 N–H and O–H groups in total. The largest absolute Gasteiger partial charge is 0.350 e. The summed E-state index contributed by atoms with van der Waals surface area (Å²) in [6.07, 6.45) is 1.04. The van der Waals surface area contributed by atoms with Gasteiger partial charge in [-0.2, -0.15) is 0 Å². The van der Waals surface area contributed by atoms with Gasteiger partial charge in [-0.1, -0.05) is 31.2 Å². The molecular weight excluding hydrogens is 262 g/mol. The van der Waals surface area contributed by atoms with E-state index in [4.69, 9.17) is 0 Å². The van der Waals surface area contributed by atoms with Gasteiger partial charge in [0.2, 0.25) is 5.91 Å². The first kappa shape index (κ1) is 16.0. The summed E-state index contributed by atoms with van der Waals surface area (Å²) < 4.78 is 0. The van der Waals surface area contributed by atoms with Crippen molar-refractivity contribution >= 4 is 5.91 Å². The minimum Gasteiger partial charge on any atom is -0.350 e. The summed E-state index contributed by atoms with van der Waals surface area (Å²) in [5.74, 6) is 0.101. The summed E-state index contributed by atoms with van der Waals surface area (Å²) in [5.41, 5.74) is 2.02. The highest BCUT2D eigenvalue weighted by molar-refractivity contribution is 5.85. The van der Waals surface area contributed by atoms with Crippen molar-refractivity contribution in [3.05, 3.63) is 35.4 Å². The van der Waals surface area contributed by atoms with Crippen LogP contribution in [0.25, 0.3) is 0 Å². The van der Waals surface area contributed by atoms with E-state index in [1.165, 1.54) is 5.56 Å². The summed E-state index contributed by atoms with van der Waals surface area (Å²) in [6.45, 7) is 10.5. The van der Waals surface area contributed by atoms with Gasteiger partial charge < -0.3 is 10.6 Å². The number of rotatable bonds is 5. The first-order chi connectivity index (χ1) is 10.0. The van der Waals surface area contributed by atoms with Crippen LogP contribution in [0.1, 0.15) is 31.9 Å². The van der Waals surface area contributed by atoms with Crippen LogP contribution in [0.4, 0.5) is 0 Å². The van der Waals surface area contributed by atoms with Crippen molar-refractivity contribution in [2.24, 2.45) is 0 Å². The molecule has 0 unspecified atom stereocenters. The lowest BCUT2D eigenvalue weighted by molar-refractivity contribution is -0.132. The lowest BCUT2D eigenvalue weighted by Gasteiger charge is -2.39. The van der Waals surface area contributed by atoms with Crippen molar-refractivity contribution < 1.29 is 4.79 Å². The minimum atomic E-state index is -0.453. The van der Waals surface area contributed by atoms with Crippen LogP contribution in [0, 0.1) is 0 Å². The molecule has 21 heavy (non-hydrogen) atoms. The minimum absolute atomic E-state index is 0.101. The van der Waals surface area contributed by atoms with Crippen LogP contribution in [-0.4, -0.2) is 42.5 Å². The van der Waals surface area contributed by atoms with E-state index in [9.17, 15) is 4.79 Å². The first-order valence-electron chi connectivity index (χ1n) is 7.86. The maximum absolute atomic E-state index is 12.5. The smallest absolute Gasteiger partial charge is 0.240 e. The molecule has 4 heteroatoms. The molecule has 0 radical (unpaired) electrons. The normalized spacial score (nSPS) is 16.7. The van der Waals surface area contributed by atoms with E-state index in [-0.39, 0.29) is 5.91 Å². The first-order valence-corrected chi connectivity index (χ1v) is 7.86. The highest BCUT2D eigenvalue weighted by atomic mass is 16.2. The maximum Gasteiger partial charge on any atom is 0.240 e. The van der Waals surface area contributed by atoms with E-state index in [1.54, 1.807) is 0 Å². The lowest BCUT2D eigenvalue weighted by atomic mass is 10.00. The average molecular weight is 289 g/mol. The van der Waals surface area contributed by atoms with Gasteiger partial charge in [0.05, 0.1) is 5.54 Å². The molecule has 1 amide bonds. The summed E-state index contributed by atoms with van der Waals surface area (Å²) in [4.78, 5) is 14.7. The molecule has 1 heterocycles. The fourth-order valence-corrected chi connectivity index (χ4v) is 2.66. The molecule has 1 saturated heterocycles. The summed E-state index contributed by atoms with van der Waals surface area (Å²) in [6, 6.07) is 8.44. The molecular formula is C17H27N3O. The SMILES string of the molecule is CCc1ccc(CNC(=O)C(C)(C)N2CCNCC2)cc1. The molecule has 1 aliphatic heterocycles. The van der Waals surface area contributed by atoms with E-state index in [0.717, 1.165) is 38.2 Å². The molecule has 116 valence electrons. The van der Waals surface area contributed by atoms with E-state index >= 15 is 0 Å². The molecule has 4 nitrogen and oxygen atoms in total. The predicted octanol–water partition coefficient (Wildman–Crippen LogP) is 1.55. The second-order valence-corrected chi connectivity index (χ2v) is 6.15. The van der Waals surface area contributed by atoms with Gasteiger partial charge in [0, 0.05) is 32.7 Å². The number of piperazine rings is 1. The molecule has 1 aromatic carbocycles. The topological polar surface area (TPSA) is 44.4 Å². The lowest BCUT2D eigenvalue weighted by Crippen LogP contribution is -2.59. The number of nitrogens with zero attached hydrogens (tertiary/aromatic N) is 1. The van der Waals surface area contributed by atoms with Crippen LogP contribution < -0.4 is 10.6 Å². The number of benzene rings is 1. The summed E-state index contributed by atoms with van der Waals surface area (Å²) in [5, 5.41) is 6.39. The van der Waals surface area contributed by atoms with Gasteiger partial charge in [-0.3, -0.25) is 9.69 Å². The van der Waals surface area contributed by atoms with Crippen molar-refractivity contribution in [2.75, 3.05) is 26.2 Å². The molecule has 0 aliphatic carbocycles. The Balaban J connectivity index is 1.90. The van der Waals surface area contributed by atoms with Crippen LogP contribution in [0.2, 0.25) is 0 Å². The third kappa shape index (κ3) is 4.05. The molecule has 1 aliphatic rings. The quantitative estimate of drug-likeness (QED) is 0.864. The third-order valence-corrected chi connectivity index (χ3v) is 4.35. The van der Waals surface area contributed by atoms with E-state index in [1.807, 2.05) is 13.8 Å². The Hall–Kier alpha value is -1.39. The Kier molecular flexibility index (Phi) is 5.37. The van der Waals surface area contributed by atoms with Gasteiger partial charge in [-0.05, 0) is 31.4 Å². The fourth-order valence-electron chi connectivity index (χ4n) is 2.66. The van der Waals surface area contributed by atoms with Gasteiger partial charge in [0.25, 0.3) is 0 Å². The van der Waals surface area contributed by atoms with Crippen LogP contribution in [0.15, 0.2) is 24.3 Å². The van der Waals surface area contributed by atoms with Crippen molar-refractivity contribution in [1.29, 1.82) is 0 Å². The zero-order valence-electron chi connectivity index (χ0n) is 13.4. The Morgan fingerprint density at radius 1 is 1.19 bits per heavy atom. The van der Waals surface area contributed by atoms with Crippen LogP contribution in [-0.2, 0) is 17.8 Å². The number of amides is 1. The molecule has 0 atom stereocenters. The van der Waals surface area contributed by atoms with Crippen molar-refractivity contribution in [2.45, 2.75) is 39.3 Å². The van der Waals surface area contributed by atoms with Crippen LogP contribution in [0.5, 0.6) is 0 Å². The van der Waals surface area contributed by atoms with Gasteiger partial charge in [0.1, 0.15) is 0 Å². The Morgan fingerprint density at radius 2 is 1.76 bits per heavy atom. The number of hydrogen-bond acceptors (Lipinski definition) is 3. The maximum atomic E-state index is 12.5. The molecule has 1 fully saturated rings. The Bertz CT molecular complexity index is 461. The number of aryl methyl sites for hydroxylation is 1. The zero-order valence-corrected chi connectivity index (χ0v) is 13.4. The van der Waals surface area contributed by atoms with Crippen LogP contribution >= 0.6 is 0 Å². The van der Waals surface area contributed by atoms with Crippen LogP contribution in [0.3, 0.4) is 0 Å². The summed E-state index contributed by atoms with van der Waals surface area (Å²) in [7, 11) is 0. The molecule has 2 rings (SSSR count). The van der Waals surface area contributed by atoms with Gasteiger partial charge >= 0.3 is 0 Å². The second kappa shape index (κ2) is 7.05. The highest BCUT2D eigenvalue weighted by Gasteiger charge is 2.34. The second-order valence-electron chi connectivity index (χ2n) is 6.15. The predicted molar refractivity (Wildman–Crippen MR) is 86.2 cm³/mol. The molecule has 0 aromatic heterocycles. The third-order valence-electron chi connectivity index (χ3n) is 4.35. The Morgan fingerprint density at radius 3 is 2.33 bits per heavy atom. The van der Waals surface area contributed by atoms with E-state index in [2.05, 4.69) is 46.7 Å². The number of carbonyl (C=O) groups excluding carboxylic acids is 1. The molecule has 0 bridgehead atoms. The number of hydrogen-bond donors (Lipinski definition) is 2. The molecule has 0 saturated carbocycles. The monoisotopic (exact) mass is 289 g/mol. The van der Waals surface area contributed by atoms with Gasteiger partial charge in [0.15, 0.2) is 0 Å². The standard InChI is InChI=1S/C17H27N3O/c1-4-14-5-7-15(8-6-14)13-19-16(21)17(2,3)20-11-9-18-10-12-20/h5-8,18H,4,9-13H2,1-3H3,(H,19,21). The van der Waals surface area contributed by atoms with Crippen molar-refractivity contribution in [3.8, 4) is 0 Å². The average Bonchev–Trinajstić information content (AvgIpc) is 2.53. The number of nitrogens with one attached hydrogen (secondary N) is 2. The zero-order chi connectivity index (χ0) is 15.3. The van der Waals surface area contributed by atoms with Crippen molar-refractivity contribution in [1.82, 2.24) is 15.5 Å². The van der Waals surface area contributed by atoms with E-state index in [0.29, 0.717) is 6.54 Å². The van der Waals surface area contributed by atoms with Gasteiger partial charge in [-0.15, -0.1) is 0 Å².